The molecule has 1 amide bonds. The number of unbranched alkanes of at least 4 members (excludes halogenated alkanes) is 1. The van der Waals surface area contributed by atoms with E-state index in [1.54, 1.807) is 0 Å². The molecule has 0 aliphatic rings. The molecule has 0 fully saturated rings. The molecule has 0 N–H and O–H groups in total. The minimum Gasteiger partial charge on any atom is -0.278 e. The third kappa shape index (κ3) is 3.86. The Bertz CT molecular complexity index is 92.4. The molecule has 0 aromatic heterocycles. The van der Waals surface area contributed by atoms with Crippen LogP contribution in [0.1, 0.15) is 26.2 Å². The Hall–Kier alpha value is -0.313. The van der Waals surface area contributed by atoms with Crippen molar-refractivity contribution >= 4 is 15.9 Å². The van der Waals surface area contributed by atoms with E-state index >= 15 is 0 Å². The predicted molar refractivity (Wildman–Crippen MR) is 35.5 cm³/mol. The van der Waals surface area contributed by atoms with E-state index in [-0.39, 0.29) is 5.91 Å². The Labute approximate surface area is 52.4 Å². The van der Waals surface area contributed by atoms with Crippen molar-refractivity contribution in [3.05, 3.63) is 0 Å². The van der Waals surface area contributed by atoms with Gasteiger partial charge in [0.2, 0.25) is 5.91 Å². The van der Waals surface area contributed by atoms with Gasteiger partial charge in [0.1, 0.15) is 10.0 Å². The summed E-state index contributed by atoms with van der Waals surface area (Å²) in [4.78, 5) is 10.4. The van der Waals surface area contributed by atoms with Crippen molar-refractivity contribution in [3.63, 3.8) is 0 Å². The van der Waals surface area contributed by atoms with Crippen LogP contribution < -0.4 is 0 Å². The zero-order chi connectivity index (χ0) is 6.41. The van der Waals surface area contributed by atoms with Crippen LogP contribution in [-0.4, -0.2) is 15.9 Å². The number of hydrogen-bond donors (Lipinski definition) is 0. The molecule has 0 aromatic rings. The zero-order valence-electron chi connectivity index (χ0n) is 5.18. The van der Waals surface area contributed by atoms with Gasteiger partial charge in [-0.15, -0.1) is 0 Å². The lowest BCUT2D eigenvalue weighted by Crippen LogP contribution is -1.89. The van der Waals surface area contributed by atoms with Crippen molar-refractivity contribution in [1.29, 1.82) is 0 Å². The van der Waals surface area contributed by atoms with Crippen molar-refractivity contribution < 1.29 is 4.79 Å². The van der Waals surface area contributed by atoms with Crippen LogP contribution in [0.4, 0.5) is 0 Å². The Morgan fingerprint density at radius 3 is 2.75 bits per heavy atom. The molecular formula is C5H11NOSi. The van der Waals surface area contributed by atoms with E-state index in [9.17, 15) is 4.79 Å². The van der Waals surface area contributed by atoms with Crippen LogP contribution in [0.15, 0.2) is 4.63 Å². The monoisotopic (exact) mass is 129 g/mol. The topological polar surface area (TPSA) is 29.4 Å². The van der Waals surface area contributed by atoms with Gasteiger partial charge in [-0.05, 0) is 6.42 Å². The quantitative estimate of drug-likeness (QED) is 0.511. The van der Waals surface area contributed by atoms with Gasteiger partial charge < -0.3 is 0 Å². The fourth-order valence-corrected chi connectivity index (χ4v) is 0.565. The molecule has 0 saturated heterocycles. The Morgan fingerprint density at radius 2 is 2.38 bits per heavy atom. The SMILES string of the molecule is CCCCC(=O)N=[SiH2]. The summed E-state index contributed by atoms with van der Waals surface area (Å²) in [5, 5.41) is 0. The largest absolute Gasteiger partial charge is 0.278 e. The molecule has 8 heavy (non-hydrogen) atoms. The Kier molecular flexibility index (Phi) is 4.65. The molecule has 0 unspecified atom stereocenters. The van der Waals surface area contributed by atoms with Gasteiger partial charge in [-0.3, -0.25) is 9.43 Å². The summed E-state index contributed by atoms with van der Waals surface area (Å²) in [7, 11) is 1.36. The van der Waals surface area contributed by atoms with Crippen molar-refractivity contribution in [3.8, 4) is 0 Å². The molecule has 0 aliphatic carbocycles. The minimum absolute atomic E-state index is 0.0326. The van der Waals surface area contributed by atoms with Gasteiger partial charge in [-0.1, -0.05) is 13.3 Å². The molecule has 0 aliphatic heterocycles. The van der Waals surface area contributed by atoms with Crippen molar-refractivity contribution in [2.24, 2.45) is 4.63 Å². The normalized spacial score (nSPS) is 8.62. The number of carbonyl (C=O) groups excluding carboxylic acids is 1. The van der Waals surface area contributed by atoms with Crippen molar-refractivity contribution in [2.45, 2.75) is 26.2 Å². The summed E-state index contributed by atoms with van der Waals surface area (Å²) in [5.41, 5.74) is 0. The highest BCUT2D eigenvalue weighted by atomic mass is 28.1. The summed E-state index contributed by atoms with van der Waals surface area (Å²) < 4.78 is 3.51. The number of nitrogens with zero attached hydrogens (tertiary/aromatic N) is 1. The molecule has 0 rings (SSSR count). The summed E-state index contributed by atoms with van der Waals surface area (Å²) in [6.45, 7) is 2.06. The highest BCUT2D eigenvalue weighted by molar-refractivity contribution is 6.01. The van der Waals surface area contributed by atoms with Crippen molar-refractivity contribution in [1.82, 2.24) is 0 Å². The van der Waals surface area contributed by atoms with Gasteiger partial charge in [-0.25, -0.2) is 0 Å². The molecular weight excluding hydrogens is 118 g/mol. The fraction of sp³-hybridized carbons (Fsp3) is 0.800. The second-order valence-corrected chi connectivity index (χ2v) is 1.97. The van der Waals surface area contributed by atoms with Gasteiger partial charge in [0, 0.05) is 6.42 Å². The van der Waals surface area contributed by atoms with Gasteiger partial charge in [0.15, 0.2) is 0 Å². The summed E-state index contributed by atoms with van der Waals surface area (Å²) in [6.07, 6.45) is 2.67. The zero-order valence-corrected chi connectivity index (χ0v) is 6.60. The fourth-order valence-electron chi connectivity index (χ4n) is 0.407. The van der Waals surface area contributed by atoms with Gasteiger partial charge in [-0.2, -0.15) is 0 Å². The van der Waals surface area contributed by atoms with Crippen LogP contribution >= 0.6 is 0 Å². The molecule has 0 aromatic carbocycles. The highest BCUT2D eigenvalue weighted by Crippen LogP contribution is 1.93. The number of hydrogen-bond acceptors (Lipinski definition) is 1. The van der Waals surface area contributed by atoms with Gasteiger partial charge in [0.25, 0.3) is 0 Å². The van der Waals surface area contributed by atoms with Crippen LogP contribution in [-0.2, 0) is 4.79 Å². The average Bonchev–Trinajstić information content (AvgIpc) is 1.83. The summed E-state index contributed by atoms with van der Waals surface area (Å²) in [6, 6.07) is 0. The first kappa shape index (κ1) is 7.69. The van der Waals surface area contributed by atoms with E-state index in [2.05, 4.69) is 11.6 Å². The number of carbonyl (C=O) groups is 1. The molecule has 0 heterocycles. The maximum absolute atomic E-state index is 10.4. The number of rotatable bonds is 3. The smallest absolute Gasteiger partial charge is 0.235 e. The molecule has 0 atom stereocenters. The Morgan fingerprint density at radius 1 is 1.75 bits per heavy atom. The first-order chi connectivity index (χ1) is 3.81. The van der Waals surface area contributed by atoms with Gasteiger partial charge >= 0.3 is 0 Å². The molecule has 0 saturated carbocycles. The van der Waals surface area contributed by atoms with Crippen LogP contribution in [0.25, 0.3) is 0 Å². The highest BCUT2D eigenvalue weighted by Gasteiger charge is 1.91. The van der Waals surface area contributed by atoms with Crippen LogP contribution in [0.2, 0.25) is 0 Å². The van der Waals surface area contributed by atoms with E-state index in [4.69, 9.17) is 0 Å². The lowest BCUT2D eigenvalue weighted by atomic mass is 10.2. The van der Waals surface area contributed by atoms with Crippen LogP contribution in [0, 0.1) is 0 Å². The van der Waals surface area contributed by atoms with E-state index in [0.29, 0.717) is 6.42 Å². The molecule has 0 spiro atoms. The lowest BCUT2D eigenvalue weighted by Gasteiger charge is -1.88. The lowest BCUT2D eigenvalue weighted by molar-refractivity contribution is -0.117. The van der Waals surface area contributed by atoms with Crippen LogP contribution in [0.3, 0.4) is 0 Å². The summed E-state index contributed by atoms with van der Waals surface area (Å²) in [5.74, 6) is 0.0326. The maximum atomic E-state index is 10.4. The third-order valence-electron chi connectivity index (χ3n) is 0.921. The van der Waals surface area contributed by atoms with Crippen molar-refractivity contribution in [2.75, 3.05) is 0 Å². The van der Waals surface area contributed by atoms with E-state index in [1.807, 2.05) is 0 Å². The van der Waals surface area contributed by atoms with Crippen LogP contribution in [0.5, 0.6) is 0 Å². The van der Waals surface area contributed by atoms with E-state index in [0.717, 1.165) is 12.8 Å². The predicted octanol–water partition coefficient (Wildman–Crippen LogP) is 0.520. The first-order valence-corrected chi connectivity index (χ1v) is 3.44. The summed E-state index contributed by atoms with van der Waals surface area (Å²) >= 11 is 0. The van der Waals surface area contributed by atoms with E-state index < -0.39 is 0 Å². The minimum atomic E-state index is 0.0326. The molecule has 46 valence electrons. The third-order valence-corrected chi connectivity index (χ3v) is 1.27. The average molecular weight is 129 g/mol. The number of amides is 1. The first-order valence-electron chi connectivity index (χ1n) is 2.80. The molecule has 2 nitrogen and oxygen atoms in total. The second-order valence-electron chi connectivity index (χ2n) is 1.66. The maximum Gasteiger partial charge on any atom is 0.235 e. The Balaban J connectivity index is 3.11. The van der Waals surface area contributed by atoms with Gasteiger partial charge in [0.05, 0.1) is 0 Å². The second kappa shape index (κ2) is 4.84. The van der Waals surface area contributed by atoms with E-state index in [1.165, 1.54) is 10.0 Å². The standard InChI is InChI=1S/C5H11NOSi/c1-2-3-4-5(7)6-8/h2-4,8H2,1H3. The molecule has 0 bridgehead atoms. The molecule has 3 heteroatoms. The molecule has 0 radical (unpaired) electrons.